The second-order valence-corrected chi connectivity index (χ2v) is 6.13. The van der Waals surface area contributed by atoms with Gasteiger partial charge in [-0.3, -0.25) is 4.79 Å². The van der Waals surface area contributed by atoms with E-state index in [1.54, 1.807) is 36.7 Å². The van der Waals surface area contributed by atoms with Crippen LogP contribution in [0.25, 0.3) is 21.6 Å². The van der Waals surface area contributed by atoms with Crippen LogP contribution in [0.3, 0.4) is 0 Å². The smallest absolute Gasteiger partial charge is 0.267 e. The summed E-state index contributed by atoms with van der Waals surface area (Å²) in [7, 11) is 0. The number of carbonyl (C=O) groups is 1. The number of amides is 1. The highest BCUT2D eigenvalue weighted by molar-refractivity contribution is 7.17. The van der Waals surface area contributed by atoms with Crippen LogP contribution >= 0.6 is 11.3 Å². The summed E-state index contributed by atoms with van der Waals surface area (Å²) >= 11 is 1.15. The quantitative estimate of drug-likeness (QED) is 0.591. The molecule has 0 saturated carbocycles. The van der Waals surface area contributed by atoms with Crippen molar-refractivity contribution in [3.05, 3.63) is 65.7 Å². The summed E-state index contributed by atoms with van der Waals surface area (Å²) in [6, 6.07) is 11.8. The number of imidazole rings is 1. The number of fused-ring (bicyclic) bond motifs is 1. The van der Waals surface area contributed by atoms with Gasteiger partial charge in [-0.15, -0.1) is 11.3 Å². The van der Waals surface area contributed by atoms with Crippen LogP contribution in [0.4, 0.5) is 10.1 Å². The Bertz CT molecular complexity index is 1040. The second-order valence-electron chi connectivity index (χ2n) is 5.10. The summed E-state index contributed by atoms with van der Waals surface area (Å²) in [5.41, 5.74) is 2.70. The molecule has 0 aliphatic heterocycles. The molecule has 0 fully saturated rings. The fraction of sp³-hybridized carbons (Fsp3) is 0. The van der Waals surface area contributed by atoms with E-state index in [4.69, 9.17) is 0 Å². The molecule has 24 heavy (non-hydrogen) atoms. The van der Waals surface area contributed by atoms with E-state index in [-0.39, 0.29) is 11.7 Å². The summed E-state index contributed by atoms with van der Waals surface area (Å²) in [6.45, 7) is 0. The van der Waals surface area contributed by atoms with Crippen molar-refractivity contribution in [3.8, 4) is 10.6 Å². The highest BCUT2D eigenvalue weighted by Crippen LogP contribution is 2.28. The van der Waals surface area contributed by atoms with Crippen molar-refractivity contribution < 1.29 is 9.18 Å². The largest absolute Gasteiger partial charge is 0.345 e. The topological polar surface area (TPSA) is 70.7 Å². The fourth-order valence-electron chi connectivity index (χ4n) is 2.34. The van der Waals surface area contributed by atoms with Crippen LogP contribution < -0.4 is 5.32 Å². The van der Waals surface area contributed by atoms with Gasteiger partial charge in [0.1, 0.15) is 15.7 Å². The number of halogens is 1. The zero-order valence-electron chi connectivity index (χ0n) is 12.3. The predicted molar refractivity (Wildman–Crippen MR) is 91.6 cm³/mol. The molecule has 0 atom stereocenters. The molecule has 4 rings (SSSR count). The molecular formula is C17H11FN4OS. The minimum absolute atomic E-state index is 0.283. The normalized spacial score (nSPS) is 10.9. The lowest BCUT2D eigenvalue weighted by Gasteiger charge is -2.03. The van der Waals surface area contributed by atoms with Crippen LogP contribution in [0.15, 0.2) is 55.0 Å². The number of rotatable bonds is 3. The van der Waals surface area contributed by atoms with Gasteiger partial charge in [-0.25, -0.2) is 14.4 Å². The lowest BCUT2D eigenvalue weighted by molar-refractivity contribution is 0.103. The van der Waals surface area contributed by atoms with Gasteiger partial charge in [0.15, 0.2) is 0 Å². The number of nitrogens with zero attached hydrogens (tertiary/aromatic N) is 2. The molecule has 0 bridgehead atoms. The monoisotopic (exact) mass is 338 g/mol. The minimum atomic E-state index is -0.358. The van der Waals surface area contributed by atoms with Crippen molar-refractivity contribution in [1.29, 1.82) is 0 Å². The first-order chi connectivity index (χ1) is 11.7. The van der Waals surface area contributed by atoms with E-state index in [1.165, 1.54) is 12.3 Å². The number of H-pyrrole nitrogens is 1. The number of carbonyl (C=O) groups excluding carboxylic acids is 1. The maximum absolute atomic E-state index is 13.8. The molecule has 0 radical (unpaired) electrons. The molecule has 1 amide bonds. The third-order valence-electron chi connectivity index (χ3n) is 3.51. The van der Waals surface area contributed by atoms with Gasteiger partial charge in [-0.05, 0) is 30.3 Å². The Hall–Kier alpha value is -3.06. The zero-order chi connectivity index (χ0) is 16.5. The molecule has 2 aromatic heterocycles. The summed E-state index contributed by atoms with van der Waals surface area (Å²) in [5, 5.41) is 3.28. The molecule has 5 nitrogen and oxygen atoms in total. The van der Waals surface area contributed by atoms with Gasteiger partial charge in [0.05, 0.1) is 23.6 Å². The Morgan fingerprint density at radius 2 is 2.04 bits per heavy atom. The molecule has 2 aromatic carbocycles. The first kappa shape index (κ1) is 14.5. The molecule has 7 heteroatoms. The molecule has 0 aliphatic rings. The molecule has 0 spiro atoms. The van der Waals surface area contributed by atoms with E-state index >= 15 is 0 Å². The zero-order valence-corrected chi connectivity index (χ0v) is 13.1. The number of aromatic amines is 1. The lowest BCUT2D eigenvalue weighted by Crippen LogP contribution is -2.09. The summed E-state index contributed by atoms with van der Waals surface area (Å²) in [4.78, 5) is 24.0. The van der Waals surface area contributed by atoms with Gasteiger partial charge in [0.25, 0.3) is 5.91 Å². The molecule has 0 aliphatic carbocycles. The Morgan fingerprint density at radius 3 is 2.92 bits per heavy atom. The molecule has 0 saturated heterocycles. The van der Waals surface area contributed by atoms with E-state index in [1.807, 2.05) is 6.07 Å². The number of hydrogen-bond acceptors (Lipinski definition) is 4. The summed E-state index contributed by atoms with van der Waals surface area (Å²) in [5.74, 6) is -0.641. The number of hydrogen-bond donors (Lipinski definition) is 2. The Labute approximate surface area is 140 Å². The van der Waals surface area contributed by atoms with E-state index < -0.39 is 0 Å². The first-order valence-corrected chi connectivity index (χ1v) is 7.97. The van der Waals surface area contributed by atoms with Crippen LogP contribution in [0.5, 0.6) is 0 Å². The third-order valence-corrected chi connectivity index (χ3v) is 4.54. The lowest BCUT2D eigenvalue weighted by atomic mass is 10.2. The van der Waals surface area contributed by atoms with Crippen molar-refractivity contribution in [2.75, 3.05) is 5.32 Å². The molecule has 2 heterocycles. The molecule has 118 valence electrons. The van der Waals surface area contributed by atoms with E-state index in [0.29, 0.717) is 21.1 Å². The van der Waals surface area contributed by atoms with Gasteiger partial charge in [-0.2, -0.15) is 0 Å². The van der Waals surface area contributed by atoms with Gasteiger partial charge >= 0.3 is 0 Å². The number of thiazole rings is 1. The first-order valence-electron chi connectivity index (χ1n) is 7.16. The Morgan fingerprint density at radius 1 is 1.17 bits per heavy atom. The van der Waals surface area contributed by atoms with Crippen LogP contribution in [0.1, 0.15) is 9.67 Å². The van der Waals surface area contributed by atoms with E-state index in [2.05, 4.69) is 20.3 Å². The maximum atomic E-state index is 13.8. The van der Waals surface area contributed by atoms with Crippen molar-refractivity contribution in [1.82, 2.24) is 15.0 Å². The maximum Gasteiger partial charge on any atom is 0.267 e. The van der Waals surface area contributed by atoms with Crippen molar-refractivity contribution in [2.45, 2.75) is 0 Å². The van der Waals surface area contributed by atoms with Gasteiger partial charge in [-0.1, -0.05) is 12.1 Å². The molecule has 4 aromatic rings. The fourth-order valence-corrected chi connectivity index (χ4v) is 3.18. The Kier molecular flexibility index (Phi) is 3.55. The van der Waals surface area contributed by atoms with E-state index in [9.17, 15) is 9.18 Å². The molecule has 2 N–H and O–H groups in total. The summed E-state index contributed by atoms with van der Waals surface area (Å²) in [6.07, 6.45) is 3.05. The SMILES string of the molecule is O=C(Nc1ccc2nc[nH]c2c1)c1cnc(-c2ccccc2F)s1. The predicted octanol–water partition coefficient (Wildman–Crippen LogP) is 4.08. The van der Waals surface area contributed by atoms with Crippen molar-refractivity contribution >= 4 is 34.0 Å². The number of benzene rings is 2. The van der Waals surface area contributed by atoms with Gasteiger partial charge in [0, 0.05) is 11.3 Å². The average Bonchev–Trinajstić information content (AvgIpc) is 3.24. The van der Waals surface area contributed by atoms with Crippen LogP contribution in [0, 0.1) is 5.82 Å². The standard InChI is InChI=1S/C17H11FN4OS/c18-12-4-2-1-3-11(12)17-19-8-15(24-17)16(23)22-10-5-6-13-14(7-10)21-9-20-13/h1-9H,(H,20,21)(H,22,23). The minimum Gasteiger partial charge on any atom is -0.345 e. The summed E-state index contributed by atoms with van der Waals surface area (Å²) < 4.78 is 13.8. The van der Waals surface area contributed by atoms with E-state index in [0.717, 1.165) is 22.4 Å². The third kappa shape index (κ3) is 2.65. The van der Waals surface area contributed by atoms with Crippen molar-refractivity contribution in [2.24, 2.45) is 0 Å². The second kappa shape index (κ2) is 5.86. The van der Waals surface area contributed by atoms with Crippen LogP contribution in [-0.4, -0.2) is 20.9 Å². The van der Waals surface area contributed by atoms with Gasteiger partial charge in [0.2, 0.25) is 0 Å². The van der Waals surface area contributed by atoms with Crippen LogP contribution in [-0.2, 0) is 0 Å². The average molecular weight is 338 g/mol. The van der Waals surface area contributed by atoms with Gasteiger partial charge < -0.3 is 10.3 Å². The van der Waals surface area contributed by atoms with Crippen molar-refractivity contribution in [3.63, 3.8) is 0 Å². The molecule has 0 unspecified atom stereocenters. The number of aromatic nitrogens is 3. The molecular weight excluding hydrogens is 327 g/mol. The van der Waals surface area contributed by atoms with Crippen LogP contribution in [0.2, 0.25) is 0 Å². The highest BCUT2D eigenvalue weighted by atomic mass is 32.1. The highest BCUT2D eigenvalue weighted by Gasteiger charge is 2.14. The Balaban J connectivity index is 1.57. The number of anilines is 1. The number of nitrogens with one attached hydrogen (secondary N) is 2.